The van der Waals surface area contributed by atoms with Crippen LogP contribution in [0.15, 0.2) is 72.8 Å². The lowest BCUT2D eigenvalue weighted by atomic mass is 9.96. The van der Waals surface area contributed by atoms with Gasteiger partial charge < -0.3 is 0 Å². The minimum absolute atomic E-state index is 0.325. The van der Waals surface area contributed by atoms with Crippen LogP contribution in [0.25, 0.3) is 0 Å². The molecule has 0 bridgehead atoms. The molecule has 0 N–H and O–H groups in total. The highest BCUT2D eigenvalue weighted by molar-refractivity contribution is 6.19. The molecule has 126 valence electrons. The van der Waals surface area contributed by atoms with Gasteiger partial charge in [-0.3, -0.25) is 9.80 Å². The van der Waals surface area contributed by atoms with Crippen molar-refractivity contribution in [2.24, 2.45) is 0 Å². The van der Waals surface area contributed by atoms with Gasteiger partial charge in [-0.1, -0.05) is 67.2 Å². The summed E-state index contributed by atoms with van der Waals surface area (Å²) in [6, 6.07) is 22.0. The first-order valence-corrected chi connectivity index (χ1v) is 9.10. The lowest BCUT2D eigenvalue weighted by Gasteiger charge is -2.40. The Morgan fingerprint density at radius 2 is 1.38 bits per heavy atom. The molecule has 0 saturated carbocycles. The van der Waals surface area contributed by atoms with E-state index in [4.69, 9.17) is 11.6 Å². The van der Waals surface area contributed by atoms with Crippen LogP contribution in [-0.2, 0) is 0 Å². The minimum Gasteiger partial charge on any atom is -0.297 e. The zero-order valence-corrected chi connectivity index (χ0v) is 14.8. The van der Waals surface area contributed by atoms with Gasteiger partial charge in [-0.15, -0.1) is 11.6 Å². The molecule has 3 rings (SSSR count). The summed E-state index contributed by atoms with van der Waals surface area (Å²) in [6.45, 7) is 9.19. The van der Waals surface area contributed by atoms with Crippen molar-refractivity contribution >= 4 is 11.6 Å². The number of hydrogen-bond donors (Lipinski definition) is 0. The molecular formula is C21H25ClN2. The van der Waals surface area contributed by atoms with Crippen molar-refractivity contribution in [2.75, 3.05) is 38.6 Å². The molecule has 0 aliphatic carbocycles. The van der Waals surface area contributed by atoms with Crippen molar-refractivity contribution < 1.29 is 0 Å². The Balaban J connectivity index is 1.75. The van der Waals surface area contributed by atoms with Gasteiger partial charge in [-0.2, -0.15) is 0 Å². The Hall–Kier alpha value is -1.61. The Morgan fingerprint density at radius 3 is 1.83 bits per heavy atom. The smallest absolute Gasteiger partial charge is 0.0602 e. The summed E-state index contributed by atoms with van der Waals surface area (Å²) >= 11 is 5.87. The lowest BCUT2D eigenvalue weighted by molar-refractivity contribution is 0.116. The van der Waals surface area contributed by atoms with Crippen molar-refractivity contribution in [2.45, 2.75) is 6.04 Å². The molecule has 0 aromatic heterocycles. The fourth-order valence-electron chi connectivity index (χ4n) is 3.42. The molecular weight excluding hydrogens is 316 g/mol. The van der Waals surface area contributed by atoms with Gasteiger partial charge in [0.05, 0.1) is 6.04 Å². The fraction of sp³-hybridized carbons (Fsp3) is 0.333. The molecule has 1 fully saturated rings. The first kappa shape index (κ1) is 17.2. The molecule has 3 heteroatoms. The largest absolute Gasteiger partial charge is 0.297 e. The number of rotatable bonds is 6. The quantitative estimate of drug-likeness (QED) is 0.574. The van der Waals surface area contributed by atoms with Gasteiger partial charge in [0.15, 0.2) is 0 Å². The minimum atomic E-state index is 0.325. The second-order valence-electron chi connectivity index (χ2n) is 6.42. The summed E-state index contributed by atoms with van der Waals surface area (Å²) in [5.41, 5.74) is 3.83. The van der Waals surface area contributed by atoms with Gasteiger partial charge in [-0.25, -0.2) is 0 Å². The van der Waals surface area contributed by atoms with E-state index in [-0.39, 0.29) is 0 Å². The maximum atomic E-state index is 5.87. The molecule has 1 saturated heterocycles. The summed E-state index contributed by atoms with van der Waals surface area (Å²) in [6.07, 6.45) is 0. The first-order chi connectivity index (χ1) is 11.8. The van der Waals surface area contributed by atoms with Gasteiger partial charge in [0.1, 0.15) is 0 Å². The van der Waals surface area contributed by atoms with Gasteiger partial charge >= 0.3 is 0 Å². The molecule has 0 amide bonds. The van der Waals surface area contributed by atoms with Crippen LogP contribution in [0.2, 0.25) is 0 Å². The summed E-state index contributed by atoms with van der Waals surface area (Å²) in [7, 11) is 0. The molecule has 2 aromatic carbocycles. The molecule has 0 unspecified atom stereocenters. The van der Waals surface area contributed by atoms with Crippen molar-refractivity contribution in [3.8, 4) is 0 Å². The summed E-state index contributed by atoms with van der Waals surface area (Å²) in [5, 5.41) is 0. The van der Waals surface area contributed by atoms with Crippen molar-refractivity contribution in [1.29, 1.82) is 0 Å². The van der Waals surface area contributed by atoms with Gasteiger partial charge in [0.25, 0.3) is 0 Å². The number of piperazine rings is 1. The Bertz CT molecular complexity index is 594. The van der Waals surface area contributed by atoms with Crippen LogP contribution < -0.4 is 0 Å². The van der Waals surface area contributed by atoms with E-state index >= 15 is 0 Å². The maximum absolute atomic E-state index is 5.87. The van der Waals surface area contributed by atoms with E-state index in [0.717, 1.165) is 38.3 Å². The second kappa shape index (κ2) is 8.48. The summed E-state index contributed by atoms with van der Waals surface area (Å²) in [4.78, 5) is 5.04. The van der Waals surface area contributed by atoms with Crippen LogP contribution in [0.3, 0.4) is 0 Å². The highest BCUT2D eigenvalue weighted by Gasteiger charge is 2.26. The molecule has 1 aliphatic rings. The molecule has 0 atom stereocenters. The molecule has 0 radical (unpaired) electrons. The van der Waals surface area contributed by atoms with Crippen LogP contribution in [0.1, 0.15) is 17.2 Å². The van der Waals surface area contributed by atoms with Crippen molar-refractivity contribution in [3.05, 3.63) is 83.9 Å². The lowest BCUT2D eigenvalue weighted by Crippen LogP contribution is -2.48. The van der Waals surface area contributed by atoms with Crippen molar-refractivity contribution in [3.63, 3.8) is 0 Å². The number of alkyl halides is 1. The molecule has 24 heavy (non-hydrogen) atoms. The van der Waals surface area contributed by atoms with Crippen LogP contribution in [0.4, 0.5) is 0 Å². The molecule has 1 heterocycles. The van der Waals surface area contributed by atoms with Gasteiger partial charge in [0, 0.05) is 38.6 Å². The van der Waals surface area contributed by atoms with E-state index in [0.29, 0.717) is 11.9 Å². The number of nitrogens with zero attached hydrogens (tertiary/aromatic N) is 2. The molecule has 0 spiro atoms. The Labute approximate surface area is 150 Å². The molecule has 2 nitrogen and oxygen atoms in total. The van der Waals surface area contributed by atoms with E-state index in [1.165, 1.54) is 11.1 Å². The third-order valence-electron chi connectivity index (χ3n) is 4.64. The van der Waals surface area contributed by atoms with Gasteiger partial charge in [0.2, 0.25) is 0 Å². The second-order valence-corrected chi connectivity index (χ2v) is 6.69. The van der Waals surface area contributed by atoms with E-state index in [2.05, 4.69) is 77.0 Å². The third kappa shape index (κ3) is 4.27. The number of benzene rings is 2. The van der Waals surface area contributed by atoms with Crippen LogP contribution >= 0.6 is 11.6 Å². The van der Waals surface area contributed by atoms with E-state index in [9.17, 15) is 0 Å². The normalized spacial score (nSPS) is 16.4. The number of hydrogen-bond acceptors (Lipinski definition) is 2. The maximum Gasteiger partial charge on any atom is 0.0602 e. The average Bonchev–Trinajstić information content (AvgIpc) is 2.65. The fourth-order valence-corrected chi connectivity index (χ4v) is 3.51. The zero-order chi connectivity index (χ0) is 16.8. The predicted octanol–water partition coefficient (Wildman–Crippen LogP) is 4.19. The third-order valence-corrected chi connectivity index (χ3v) is 5.02. The SMILES string of the molecule is C=C(CCl)CN1CCN(C(c2ccccc2)c2ccccc2)CC1. The average molecular weight is 341 g/mol. The predicted molar refractivity (Wildman–Crippen MR) is 103 cm³/mol. The van der Waals surface area contributed by atoms with E-state index < -0.39 is 0 Å². The zero-order valence-electron chi connectivity index (χ0n) is 14.1. The summed E-state index contributed by atoms with van der Waals surface area (Å²) in [5.74, 6) is 0.552. The van der Waals surface area contributed by atoms with Crippen LogP contribution in [-0.4, -0.2) is 48.4 Å². The molecule has 1 aliphatic heterocycles. The van der Waals surface area contributed by atoms with Gasteiger partial charge in [-0.05, 0) is 16.7 Å². The molecule has 2 aromatic rings. The van der Waals surface area contributed by atoms with Crippen LogP contribution in [0.5, 0.6) is 0 Å². The highest BCUT2D eigenvalue weighted by atomic mass is 35.5. The standard InChI is InChI=1S/C21H25ClN2/c1-18(16-22)17-23-12-14-24(15-13-23)21(19-8-4-2-5-9-19)20-10-6-3-7-11-20/h2-11,21H,1,12-17H2. The highest BCUT2D eigenvalue weighted by Crippen LogP contribution is 2.29. The monoisotopic (exact) mass is 340 g/mol. The Morgan fingerprint density at radius 1 is 0.875 bits per heavy atom. The topological polar surface area (TPSA) is 6.48 Å². The van der Waals surface area contributed by atoms with Crippen molar-refractivity contribution in [1.82, 2.24) is 9.80 Å². The Kier molecular flexibility index (Phi) is 6.08. The first-order valence-electron chi connectivity index (χ1n) is 8.57. The van der Waals surface area contributed by atoms with E-state index in [1.54, 1.807) is 0 Å². The number of halogens is 1. The van der Waals surface area contributed by atoms with E-state index in [1.807, 2.05) is 0 Å². The van der Waals surface area contributed by atoms with Crippen LogP contribution in [0, 0.1) is 0 Å². The summed E-state index contributed by atoms with van der Waals surface area (Å²) < 4.78 is 0.